The lowest BCUT2D eigenvalue weighted by atomic mass is 10.00. The van der Waals surface area contributed by atoms with Gasteiger partial charge in [0.15, 0.2) is 0 Å². The summed E-state index contributed by atoms with van der Waals surface area (Å²) >= 11 is 0. The van der Waals surface area contributed by atoms with Crippen LogP contribution in [0.2, 0.25) is 0 Å². The Morgan fingerprint density at radius 1 is 1.47 bits per heavy atom. The van der Waals surface area contributed by atoms with E-state index in [4.69, 9.17) is 0 Å². The van der Waals surface area contributed by atoms with Gasteiger partial charge in [-0.25, -0.2) is 4.98 Å². The van der Waals surface area contributed by atoms with Crippen molar-refractivity contribution in [3.8, 4) is 0 Å². The number of piperazine rings is 1. The van der Waals surface area contributed by atoms with Gasteiger partial charge in [-0.1, -0.05) is 0 Å². The van der Waals surface area contributed by atoms with Crippen molar-refractivity contribution in [3.05, 3.63) is 18.2 Å². The second-order valence-electron chi connectivity index (χ2n) is 5.93. The molecule has 0 bridgehead atoms. The molecule has 4 nitrogen and oxygen atoms in total. The minimum Gasteiger partial charge on any atom is -0.330 e. The van der Waals surface area contributed by atoms with Crippen LogP contribution in [0.4, 0.5) is 0 Å². The van der Waals surface area contributed by atoms with Gasteiger partial charge in [0.05, 0.1) is 12.0 Å². The van der Waals surface area contributed by atoms with Crippen LogP contribution in [-0.2, 0) is 6.54 Å². The number of nitrogens with zero attached hydrogens (tertiary/aromatic N) is 3. The standard InChI is InChI=1S/C13H22N4/c1-13(2)9-14-5-6-16(13)8-12-7-15-10-17(12)11-3-4-11/h7,10-11,14H,3-6,8-9H2,1-2H3. The monoisotopic (exact) mass is 234 g/mol. The maximum Gasteiger partial charge on any atom is 0.0951 e. The fraction of sp³-hybridized carbons (Fsp3) is 0.769. The molecule has 0 unspecified atom stereocenters. The van der Waals surface area contributed by atoms with Crippen molar-refractivity contribution in [2.24, 2.45) is 0 Å². The summed E-state index contributed by atoms with van der Waals surface area (Å²) in [6.07, 6.45) is 6.70. The van der Waals surface area contributed by atoms with E-state index in [1.165, 1.54) is 18.5 Å². The average Bonchev–Trinajstić information content (AvgIpc) is 3.02. The van der Waals surface area contributed by atoms with E-state index >= 15 is 0 Å². The summed E-state index contributed by atoms with van der Waals surface area (Å²) in [5.74, 6) is 0. The van der Waals surface area contributed by atoms with Gasteiger partial charge >= 0.3 is 0 Å². The van der Waals surface area contributed by atoms with E-state index in [1.807, 2.05) is 12.5 Å². The van der Waals surface area contributed by atoms with Crippen LogP contribution in [0.1, 0.15) is 38.4 Å². The van der Waals surface area contributed by atoms with Crippen LogP contribution in [0.5, 0.6) is 0 Å². The van der Waals surface area contributed by atoms with Crippen LogP contribution in [-0.4, -0.2) is 39.6 Å². The van der Waals surface area contributed by atoms with Crippen molar-refractivity contribution < 1.29 is 0 Å². The number of nitrogens with one attached hydrogen (secondary N) is 1. The van der Waals surface area contributed by atoms with Crippen LogP contribution < -0.4 is 5.32 Å². The molecule has 1 N–H and O–H groups in total. The minimum absolute atomic E-state index is 0.247. The van der Waals surface area contributed by atoms with E-state index in [2.05, 4.69) is 33.6 Å². The molecule has 0 amide bonds. The van der Waals surface area contributed by atoms with E-state index in [0.29, 0.717) is 0 Å². The van der Waals surface area contributed by atoms with Gasteiger partial charge in [0.25, 0.3) is 0 Å². The lowest BCUT2D eigenvalue weighted by Crippen LogP contribution is -2.57. The molecule has 2 fully saturated rings. The van der Waals surface area contributed by atoms with Gasteiger partial charge in [-0.3, -0.25) is 4.90 Å². The first-order chi connectivity index (χ1) is 8.17. The summed E-state index contributed by atoms with van der Waals surface area (Å²) < 4.78 is 2.37. The van der Waals surface area contributed by atoms with Crippen molar-refractivity contribution in [2.75, 3.05) is 19.6 Å². The minimum atomic E-state index is 0.247. The molecule has 1 saturated carbocycles. The van der Waals surface area contributed by atoms with Gasteiger partial charge in [0, 0.05) is 44.0 Å². The highest BCUT2D eigenvalue weighted by molar-refractivity contribution is 5.05. The first-order valence-corrected chi connectivity index (χ1v) is 6.63. The summed E-state index contributed by atoms with van der Waals surface area (Å²) in [5, 5.41) is 3.47. The molecule has 94 valence electrons. The van der Waals surface area contributed by atoms with Gasteiger partial charge in [0.1, 0.15) is 0 Å². The highest BCUT2D eigenvalue weighted by atomic mass is 15.3. The highest BCUT2D eigenvalue weighted by Gasteiger charge is 2.31. The second-order valence-corrected chi connectivity index (χ2v) is 5.93. The second kappa shape index (κ2) is 4.10. The van der Waals surface area contributed by atoms with Gasteiger partial charge < -0.3 is 9.88 Å². The van der Waals surface area contributed by atoms with Crippen molar-refractivity contribution in [3.63, 3.8) is 0 Å². The molecular weight excluding hydrogens is 212 g/mol. The number of hydrogen-bond donors (Lipinski definition) is 1. The molecule has 1 saturated heterocycles. The smallest absolute Gasteiger partial charge is 0.0951 e. The number of hydrogen-bond acceptors (Lipinski definition) is 3. The molecule has 3 rings (SSSR count). The van der Waals surface area contributed by atoms with E-state index in [-0.39, 0.29) is 5.54 Å². The van der Waals surface area contributed by atoms with Crippen molar-refractivity contribution >= 4 is 0 Å². The maximum atomic E-state index is 4.32. The van der Waals surface area contributed by atoms with Gasteiger partial charge in [-0.2, -0.15) is 0 Å². The number of rotatable bonds is 3. The molecule has 17 heavy (non-hydrogen) atoms. The predicted molar refractivity (Wildman–Crippen MR) is 67.9 cm³/mol. The molecule has 0 aromatic carbocycles. The SMILES string of the molecule is CC1(C)CNCCN1Cc1cncn1C1CC1. The maximum absolute atomic E-state index is 4.32. The fourth-order valence-corrected chi connectivity index (χ4v) is 2.65. The average molecular weight is 234 g/mol. The Balaban J connectivity index is 1.74. The molecule has 4 heteroatoms. The summed E-state index contributed by atoms with van der Waals surface area (Å²) in [6, 6.07) is 0.735. The number of aromatic nitrogens is 2. The molecule has 1 aliphatic heterocycles. The Labute approximate surface area is 103 Å². The predicted octanol–water partition coefficient (Wildman–Crippen LogP) is 1.40. The third-order valence-electron chi connectivity index (χ3n) is 4.01. The topological polar surface area (TPSA) is 33.1 Å². The third-order valence-corrected chi connectivity index (χ3v) is 4.01. The summed E-state index contributed by atoms with van der Waals surface area (Å²) in [4.78, 5) is 6.89. The first kappa shape index (κ1) is 11.2. The van der Waals surface area contributed by atoms with E-state index < -0.39 is 0 Å². The molecular formula is C13H22N4. The lowest BCUT2D eigenvalue weighted by Gasteiger charge is -2.42. The summed E-state index contributed by atoms with van der Waals surface area (Å²) in [5.41, 5.74) is 1.62. The zero-order valence-corrected chi connectivity index (χ0v) is 10.8. The zero-order valence-electron chi connectivity index (χ0n) is 10.8. The van der Waals surface area contributed by atoms with Crippen LogP contribution >= 0.6 is 0 Å². The van der Waals surface area contributed by atoms with Crippen molar-refractivity contribution in [1.29, 1.82) is 0 Å². The summed E-state index contributed by atoms with van der Waals surface area (Å²) in [6.45, 7) is 8.97. The lowest BCUT2D eigenvalue weighted by molar-refractivity contribution is 0.0802. The number of imidazole rings is 1. The molecule has 0 spiro atoms. The third kappa shape index (κ3) is 2.24. The van der Waals surface area contributed by atoms with Gasteiger partial charge in [-0.15, -0.1) is 0 Å². The molecule has 1 aromatic rings. The molecule has 0 atom stereocenters. The van der Waals surface area contributed by atoms with Crippen LogP contribution in [0.25, 0.3) is 0 Å². The van der Waals surface area contributed by atoms with E-state index in [1.54, 1.807) is 0 Å². The Kier molecular flexibility index (Phi) is 2.71. The van der Waals surface area contributed by atoms with Crippen LogP contribution in [0, 0.1) is 0 Å². The van der Waals surface area contributed by atoms with E-state index in [9.17, 15) is 0 Å². The Hall–Kier alpha value is -0.870. The van der Waals surface area contributed by atoms with Gasteiger partial charge in [-0.05, 0) is 26.7 Å². The molecule has 2 aliphatic rings. The normalized spacial score (nSPS) is 25.1. The highest BCUT2D eigenvalue weighted by Crippen LogP contribution is 2.36. The van der Waals surface area contributed by atoms with Gasteiger partial charge in [0.2, 0.25) is 0 Å². The molecule has 1 aromatic heterocycles. The first-order valence-electron chi connectivity index (χ1n) is 6.63. The fourth-order valence-electron chi connectivity index (χ4n) is 2.65. The van der Waals surface area contributed by atoms with Crippen LogP contribution in [0.3, 0.4) is 0 Å². The zero-order chi connectivity index (χ0) is 11.9. The summed E-state index contributed by atoms with van der Waals surface area (Å²) in [7, 11) is 0. The Morgan fingerprint density at radius 3 is 3.00 bits per heavy atom. The molecule has 0 radical (unpaired) electrons. The van der Waals surface area contributed by atoms with Crippen molar-refractivity contribution in [1.82, 2.24) is 19.8 Å². The largest absolute Gasteiger partial charge is 0.330 e. The quantitative estimate of drug-likeness (QED) is 0.858. The molecule has 1 aliphatic carbocycles. The van der Waals surface area contributed by atoms with E-state index in [0.717, 1.165) is 32.2 Å². The van der Waals surface area contributed by atoms with Crippen molar-refractivity contribution in [2.45, 2.75) is 44.8 Å². The Morgan fingerprint density at radius 2 is 2.29 bits per heavy atom. The Bertz CT molecular complexity index is 392. The van der Waals surface area contributed by atoms with Crippen LogP contribution in [0.15, 0.2) is 12.5 Å². The molecule has 2 heterocycles.